The molecule has 0 spiro atoms. The van der Waals surface area contributed by atoms with E-state index in [-0.39, 0.29) is 5.41 Å². The van der Waals surface area contributed by atoms with Crippen molar-refractivity contribution in [2.24, 2.45) is 0 Å². The first kappa shape index (κ1) is 33.2. The summed E-state index contributed by atoms with van der Waals surface area (Å²) >= 11 is 0. The van der Waals surface area contributed by atoms with E-state index >= 15 is 0 Å². The Morgan fingerprint density at radius 2 is 0.982 bits per heavy atom. The SMILES string of the molecule is CC1(C)c2ccccc2-c2c(-c3ccccc3N(c3ccc(-c4ccccc4)cc3)c3ccccc3-c3cccc4oc5c6ccccc6ccc5c34)cccc21. The highest BCUT2D eigenvalue weighted by Crippen LogP contribution is 2.54. The molecule has 0 saturated heterocycles. The molecule has 1 aliphatic rings. The first-order chi connectivity index (χ1) is 28.1. The molecule has 2 heteroatoms. The fourth-order valence-electron chi connectivity index (χ4n) is 9.39. The van der Waals surface area contributed by atoms with Gasteiger partial charge in [-0.15, -0.1) is 0 Å². The lowest BCUT2D eigenvalue weighted by Crippen LogP contribution is -2.15. The molecular formula is C55H39NO. The van der Waals surface area contributed by atoms with E-state index in [1.165, 1.54) is 49.9 Å². The number of rotatable bonds is 6. The number of hydrogen-bond donors (Lipinski definition) is 0. The monoisotopic (exact) mass is 729 g/mol. The third kappa shape index (κ3) is 5.18. The lowest BCUT2D eigenvalue weighted by atomic mass is 9.82. The van der Waals surface area contributed by atoms with Crippen LogP contribution in [-0.4, -0.2) is 0 Å². The van der Waals surface area contributed by atoms with Gasteiger partial charge in [-0.3, -0.25) is 0 Å². The normalized spacial score (nSPS) is 12.9. The zero-order valence-corrected chi connectivity index (χ0v) is 31.9. The molecule has 0 amide bonds. The maximum absolute atomic E-state index is 6.70. The van der Waals surface area contributed by atoms with Crippen molar-refractivity contribution in [1.82, 2.24) is 0 Å². The van der Waals surface area contributed by atoms with Crippen LogP contribution in [0.5, 0.6) is 0 Å². The van der Waals surface area contributed by atoms with E-state index in [1.54, 1.807) is 0 Å². The van der Waals surface area contributed by atoms with E-state index in [0.717, 1.165) is 55.5 Å². The molecule has 0 radical (unpaired) electrons. The first-order valence-corrected chi connectivity index (χ1v) is 19.8. The molecule has 11 rings (SSSR count). The standard InChI is InChI=1S/C55H39NO/c1-55(2)47-25-11-8-22-45(47)52-43(23-14-26-48(52)55)41-20-9-12-27-49(41)56(39-33-30-37(31-34-39)36-16-4-3-5-17-36)50-28-13-10-21-42(50)44-24-15-29-51-53(44)46-35-32-38-18-6-7-19-40(38)54(46)57-51/h3-35H,1-2H3. The van der Waals surface area contributed by atoms with Crippen molar-refractivity contribution >= 4 is 49.8 Å². The maximum atomic E-state index is 6.70. The molecule has 270 valence electrons. The minimum Gasteiger partial charge on any atom is -0.455 e. The minimum absolute atomic E-state index is 0.103. The number of benzene rings is 9. The predicted octanol–water partition coefficient (Wildman–Crippen LogP) is 15.5. The van der Waals surface area contributed by atoms with Crippen LogP contribution in [0.2, 0.25) is 0 Å². The number of hydrogen-bond acceptors (Lipinski definition) is 2. The Morgan fingerprint density at radius 3 is 1.77 bits per heavy atom. The summed E-state index contributed by atoms with van der Waals surface area (Å²) in [5.74, 6) is 0. The second-order valence-corrected chi connectivity index (χ2v) is 15.6. The Hall–Kier alpha value is -7.16. The van der Waals surface area contributed by atoms with Crippen molar-refractivity contribution in [3.05, 3.63) is 211 Å². The quantitative estimate of drug-likeness (QED) is 0.169. The summed E-state index contributed by atoms with van der Waals surface area (Å²) in [4.78, 5) is 2.46. The zero-order chi connectivity index (χ0) is 38.1. The van der Waals surface area contributed by atoms with Crippen LogP contribution >= 0.6 is 0 Å². The molecule has 0 bridgehead atoms. The molecule has 10 aromatic rings. The van der Waals surface area contributed by atoms with Gasteiger partial charge < -0.3 is 9.32 Å². The summed E-state index contributed by atoms with van der Waals surface area (Å²) in [6.07, 6.45) is 0. The van der Waals surface area contributed by atoms with Gasteiger partial charge in [0, 0.05) is 38.4 Å². The van der Waals surface area contributed by atoms with Crippen molar-refractivity contribution < 1.29 is 4.42 Å². The van der Waals surface area contributed by atoms with Crippen LogP contribution in [0.1, 0.15) is 25.0 Å². The number of anilines is 3. The van der Waals surface area contributed by atoms with Crippen LogP contribution in [-0.2, 0) is 5.41 Å². The molecule has 2 nitrogen and oxygen atoms in total. The molecule has 0 aliphatic heterocycles. The van der Waals surface area contributed by atoms with Gasteiger partial charge in [0.15, 0.2) is 0 Å². The molecule has 1 aliphatic carbocycles. The Labute approximate surface area is 332 Å². The van der Waals surface area contributed by atoms with Crippen LogP contribution in [0.25, 0.3) is 77.2 Å². The Morgan fingerprint density at radius 1 is 0.404 bits per heavy atom. The molecule has 0 saturated carbocycles. The summed E-state index contributed by atoms with van der Waals surface area (Å²) in [5, 5.41) is 4.54. The number of nitrogens with zero attached hydrogens (tertiary/aromatic N) is 1. The molecule has 9 aromatic carbocycles. The van der Waals surface area contributed by atoms with Crippen LogP contribution < -0.4 is 4.90 Å². The molecule has 0 fully saturated rings. The fraction of sp³-hybridized carbons (Fsp3) is 0.0545. The Kier molecular flexibility index (Phi) is 7.55. The average Bonchev–Trinajstić information content (AvgIpc) is 3.77. The van der Waals surface area contributed by atoms with Gasteiger partial charge in [-0.1, -0.05) is 178 Å². The van der Waals surface area contributed by atoms with Gasteiger partial charge in [0.2, 0.25) is 0 Å². The molecule has 57 heavy (non-hydrogen) atoms. The van der Waals surface area contributed by atoms with E-state index in [0.29, 0.717) is 0 Å². The second kappa shape index (κ2) is 13.0. The topological polar surface area (TPSA) is 16.4 Å². The van der Waals surface area contributed by atoms with Crippen molar-refractivity contribution in [2.45, 2.75) is 19.3 Å². The second-order valence-electron chi connectivity index (χ2n) is 15.6. The minimum atomic E-state index is -0.103. The van der Waals surface area contributed by atoms with E-state index in [2.05, 4.69) is 219 Å². The Balaban J connectivity index is 1.17. The zero-order valence-electron chi connectivity index (χ0n) is 31.9. The third-order valence-electron chi connectivity index (χ3n) is 12.1. The average molecular weight is 730 g/mol. The summed E-state index contributed by atoms with van der Waals surface area (Å²) in [6, 6.07) is 72.6. The predicted molar refractivity (Wildman–Crippen MR) is 240 cm³/mol. The van der Waals surface area contributed by atoms with E-state index in [9.17, 15) is 0 Å². The summed E-state index contributed by atoms with van der Waals surface area (Å²) in [6.45, 7) is 4.71. The molecule has 0 atom stereocenters. The lowest BCUT2D eigenvalue weighted by Gasteiger charge is -2.30. The van der Waals surface area contributed by atoms with Crippen molar-refractivity contribution in [3.8, 4) is 44.5 Å². The van der Waals surface area contributed by atoms with Gasteiger partial charge in [0.05, 0.1) is 11.4 Å². The highest BCUT2D eigenvalue weighted by atomic mass is 16.3. The largest absolute Gasteiger partial charge is 0.455 e. The van der Waals surface area contributed by atoms with Gasteiger partial charge in [-0.2, -0.15) is 0 Å². The van der Waals surface area contributed by atoms with Crippen LogP contribution in [0.4, 0.5) is 17.1 Å². The van der Waals surface area contributed by atoms with E-state index in [4.69, 9.17) is 4.42 Å². The van der Waals surface area contributed by atoms with Gasteiger partial charge in [-0.25, -0.2) is 0 Å². The van der Waals surface area contributed by atoms with Gasteiger partial charge in [-0.05, 0) is 86.3 Å². The smallest absolute Gasteiger partial charge is 0.143 e. The van der Waals surface area contributed by atoms with E-state index < -0.39 is 0 Å². The highest BCUT2D eigenvalue weighted by Gasteiger charge is 2.37. The first-order valence-electron chi connectivity index (χ1n) is 19.8. The summed E-state index contributed by atoms with van der Waals surface area (Å²) < 4.78 is 6.70. The third-order valence-corrected chi connectivity index (χ3v) is 12.1. The van der Waals surface area contributed by atoms with Crippen LogP contribution in [0.15, 0.2) is 205 Å². The van der Waals surface area contributed by atoms with Crippen LogP contribution in [0.3, 0.4) is 0 Å². The summed E-state index contributed by atoms with van der Waals surface area (Å²) in [7, 11) is 0. The van der Waals surface area contributed by atoms with Crippen molar-refractivity contribution in [3.63, 3.8) is 0 Å². The number of fused-ring (bicyclic) bond motifs is 8. The molecular weight excluding hydrogens is 691 g/mol. The molecule has 1 heterocycles. The maximum Gasteiger partial charge on any atom is 0.143 e. The number of furan rings is 1. The van der Waals surface area contributed by atoms with Crippen molar-refractivity contribution in [1.29, 1.82) is 0 Å². The lowest BCUT2D eigenvalue weighted by molar-refractivity contribution is 0.660. The van der Waals surface area contributed by atoms with Crippen LogP contribution in [0, 0.1) is 0 Å². The van der Waals surface area contributed by atoms with Crippen molar-refractivity contribution in [2.75, 3.05) is 4.90 Å². The van der Waals surface area contributed by atoms with Gasteiger partial charge >= 0.3 is 0 Å². The van der Waals surface area contributed by atoms with E-state index in [1.807, 2.05) is 0 Å². The Bertz CT molecular complexity index is 3150. The number of para-hydroxylation sites is 2. The van der Waals surface area contributed by atoms with Gasteiger partial charge in [0.1, 0.15) is 11.2 Å². The molecule has 1 aromatic heterocycles. The molecule has 0 unspecified atom stereocenters. The fourth-order valence-corrected chi connectivity index (χ4v) is 9.39. The highest BCUT2D eigenvalue weighted by molar-refractivity contribution is 6.20. The molecule has 0 N–H and O–H groups in total. The van der Waals surface area contributed by atoms with Gasteiger partial charge in [0.25, 0.3) is 0 Å². The summed E-state index contributed by atoms with van der Waals surface area (Å²) in [5.41, 5.74) is 17.4.